The van der Waals surface area contributed by atoms with E-state index in [2.05, 4.69) is 64.2 Å². The zero-order valence-electron chi connectivity index (χ0n) is 29.7. The Hall–Kier alpha value is -6.10. The van der Waals surface area contributed by atoms with Gasteiger partial charge >= 0.3 is 5.97 Å². The average molecular weight is 810 g/mol. The Balaban J connectivity index is 1.22. The number of hydrogen-bond donors (Lipinski definition) is 1. The van der Waals surface area contributed by atoms with Crippen LogP contribution < -0.4 is 0 Å². The van der Waals surface area contributed by atoms with Crippen LogP contribution in [-0.2, 0) is 12.1 Å². The number of aromatic carboxylic acids is 1. The molecular formula is C44H34BrClN6O3. The Kier molecular flexibility index (Phi) is 10.0. The molecule has 0 saturated carbocycles. The summed E-state index contributed by atoms with van der Waals surface area (Å²) in [6.45, 7) is 2.32. The van der Waals surface area contributed by atoms with Gasteiger partial charge in [-0.1, -0.05) is 152 Å². The summed E-state index contributed by atoms with van der Waals surface area (Å²) in [7, 11) is 0. The molecule has 272 valence electrons. The standard InChI is InChI=1S/C44H34BrClN6O3/c1-2-3-7-24-37-47-41(46)39(43(53)54)51(37)28-29-25-26-36-35(27-29)38(45)40(55-36)33-22-14-15-23-34(33)42-48-50-52(49-42)44(30-16-8-4-9-17-30,31-18-10-5-11-19-31)32-20-12-6-13-21-32/h4-27H,2-3,28H2,1H3,(H,53,54)/b24-7-. The van der Waals surface area contributed by atoms with E-state index < -0.39 is 11.5 Å². The van der Waals surface area contributed by atoms with Gasteiger partial charge in [-0.15, -0.1) is 15.0 Å². The van der Waals surface area contributed by atoms with Gasteiger partial charge in [0.15, 0.2) is 16.4 Å². The van der Waals surface area contributed by atoms with Crippen LogP contribution in [0.25, 0.3) is 39.8 Å². The molecule has 0 radical (unpaired) electrons. The van der Waals surface area contributed by atoms with E-state index in [9.17, 15) is 9.90 Å². The topological polar surface area (TPSA) is 112 Å². The van der Waals surface area contributed by atoms with E-state index in [4.69, 9.17) is 31.4 Å². The number of fused-ring (bicyclic) bond motifs is 1. The minimum Gasteiger partial charge on any atom is -0.476 e. The zero-order chi connectivity index (χ0) is 37.9. The maximum atomic E-state index is 12.2. The smallest absolute Gasteiger partial charge is 0.355 e. The first-order valence-electron chi connectivity index (χ1n) is 17.8. The molecule has 3 heterocycles. The van der Waals surface area contributed by atoms with Crippen LogP contribution in [0.15, 0.2) is 148 Å². The number of hydrogen-bond acceptors (Lipinski definition) is 6. The summed E-state index contributed by atoms with van der Waals surface area (Å²) >= 11 is 10.2. The molecule has 0 saturated heterocycles. The molecule has 0 aliphatic carbocycles. The lowest BCUT2D eigenvalue weighted by atomic mass is 9.77. The predicted molar refractivity (Wildman–Crippen MR) is 218 cm³/mol. The molecule has 0 aliphatic heterocycles. The monoisotopic (exact) mass is 808 g/mol. The zero-order valence-corrected chi connectivity index (χ0v) is 32.0. The van der Waals surface area contributed by atoms with Gasteiger partial charge in [0.05, 0.1) is 4.47 Å². The van der Waals surface area contributed by atoms with Gasteiger partial charge in [0.1, 0.15) is 17.2 Å². The summed E-state index contributed by atoms with van der Waals surface area (Å²) in [4.78, 5) is 18.3. The summed E-state index contributed by atoms with van der Waals surface area (Å²) in [5, 5.41) is 25.3. The highest BCUT2D eigenvalue weighted by molar-refractivity contribution is 9.10. The van der Waals surface area contributed by atoms with Gasteiger partial charge in [-0.3, -0.25) is 0 Å². The SMILES string of the molecule is CCC/C=C\c1nc(Cl)c(C(=O)O)n1Cc1ccc2oc(-c3ccccc3-c3nnn(C(c4ccccc4)(c4ccccc4)c4ccccc4)n3)c(Br)c2c1. The van der Waals surface area contributed by atoms with Crippen molar-refractivity contribution in [3.05, 3.63) is 183 Å². The van der Waals surface area contributed by atoms with Gasteiger partial charge in [0.2, 0.25) is 5.82 Å². The second kappa shape index (κ2) is 15.3. The number of carbonyl (C=O) groups is 1. The number of aromatic nitrogens is 6. The van der Waals surface area contributed by atoms with Crippen LogP contribution in [0.3, 0.4) is 0 Å². The molecule has 0 atom stereocenters. The highest BCUT2D eigenvalue weighted by atomic mass is 79.9. The molecular weight excluding hydrogens is 776 g/mol. The number of tetrazole rings is 1. The molecule has 55 heavy (non-hydrogen) atoms. The third kappa shape index (κ3) is 6.57. The van der Waals surface area contributed by atoms with Crippen molar-refractivity contribution in [1.82, 2.24) is 29.8 Å². The minimum atomic E-state index is -1.14. The van der Waals surface area contributed by atoms with Crippen LogP contribution in [0.4, 0.5) is 0 Å². The first-order chi connectivity index (χ1) is 26.9. The number of imidazole rings is 1. The van der Waals surface area contributed by atoms with Crippen LogP contribution >= 0.6 is 27.5 Å². The third-order valence-electron chi connectivity index (χ3n) is 9.61. The van der Waals surface area contributed by atoms with Gasteiger partial charge in [0, 0.05) is 23.1 Å². The van der Waals surface area contributed by atoms with Gasteiger partial charge in [-0.2, -0.15) is 0 Å². The van der Waals surface area contributed by atoms with E-state index in [1.807, 2.05) is 109 Å². The number of rotatable bonds is 12. The fraction of sp³-hybridized carbons (Fsp3) is 0.114. The maximum Gasteiger partial charge on any atom is 0.355 e. The minimum absolute atomic E-state index is 0.0489. The molecule has 8 aromatic rings. The lowest BCUT2D eigenvalue weighted by Crippen LogP contribution is -2.39. The summed E-state index contributed by atoms with van der Waals surface area (Å²) in [6, 6.07) is 44.2. The summed E-state index contributed by atoms with van der Waals surface area (Å²) in [5.74, 6) is 0.363. The van der Waals surface area contributed by atoms with E-state index in [-0.39, 0.29) is 17.4 Å². The molecule has 0 unspecified atom stereocenters. The Morgan fingerprint density at radius 3 is 2.05 bits per heavy atom. The van der Waals surface area contributed by atoms with Crippen molar-refractivity contribution in [2.75, 3.05) is 0 Å². The Morgan fingerprint density at radius 1 is 0.855 bits per heavy atom. The molecule has 0 fully saturated rings. The Morgan fingerprint density at radius 2 is 1.45 bits per heavy atom. The average Bonchev–Trinajstić information content (AvgIpc) is 3.92. The van der Waals surface area contributed by atoms with Crippen LogP contribution in [0, 0.1) is 0 Å². The van der Waals surface area contributed by atoms with Crippen molar-refractivity contribution >= 4 is 50.5 Å². The van der Waals surface area contributed by atoms with E-state index in [1.165, 1.54) is 0 Å². The van der Waals surface area contributed by atoms with Gasteiger partial charge in [-0.05, 0) is 68.0 Å². The molecule has 0 spiro atoms. The van der Waals surface area contributed by atoms with Crippen molar-refractivity contribution in [3.63, 3.8) is 0 Å². The largest absolute Gasteiger partial charge is 0.476 e. The van der Waals surface area contributed by atoms with Gasteiger partial charge < -0.3 is 14.1 Å². The summed E-state index contributed by atoms with van der Waals surface area (Å²) < 4.78 is 8.87. The quantitative estimate of drug-likeness (QED) is 0.122. The highest BCUT2D eigenvalue weighted by Crippen LogP contribution is 2.43. The predicted octanol–water partition coefficient (Wildman–Crippen LogP) is 10.8. The molecule has 0 amide bonds. The molecule has 3 aromatic heterocycles. The van der Waals surface area contributed by atoms with Crippen LogP contribution in [-0.4, -0.2) is 40.8 Å². The number of nitrogens with zero attached hydrogens (tertiary/aromatic N) is 6. The summed E-state index contributed by atoms with van der Waals surface area (Å²) in [6.07, 6.45) is 5.58. The fourth-order valence-corrected chi connectivity index (χ4v) is 7.95. The normalized spacial score (nSPS) is 11.8. The van der Waals surface area contributed by atoms with E-state index in [0.717, 1.165) is 56.1 Å². The van der Waals surface area contributed by atoms with E-state index in [0.29, 0.717) is 23.0 Å². The van der Waals surface area contributed by atoms with Gasteiger partial charge in [0.25, 0.3) is 0 Å². The number of carboxylic acids is 1. The number of allylic oxidation sites excluding steroid dienone is 1. The molecule has 9 nitrogen and oxygen atoms in total. The molecule has 0 bridgehead atoms. The second-order valence-electron chi connectivity index (χ2n) is 13.0. The summed E-state index contributed by atoms with van der Waals surface area (Å²) in [5.41, 5.74) is 4.97. The molecule has 11 heteroatoms. The molecule has 8 rings (SSSR count). The second-order valence-corrected chi connectivity index (χ2v) is 14.2. The number of unbranched alkanes of at least 4 members (excludes halogenated alkanes) is 1. The highest BCUT2D eigenvalue weighted by Gasteiger charge is 2.41. The molecule has 1 N–H and O–H groups in total. The number of carboxylic acid groups (broad SMARTS) is 1. The van der Waals surface area contributed by atoms with Gasteiger partial charge in [-0.25, -0.2) is 9.78 Å². The number of benzene rings is 5. The fourth-order valence-electron chi connectivity index (χ4n) is 7.08. The van der Waals surface area contributed by atoms with Crippen LogP contribution in [0.1, 0.15) is 58.3 Å². The number of furan rings is 1. The van der Waals surface area contributed by atoms with Crippen LogP contribution in [0.2, 0.25) is 5.15 Å². The Labute approximate surface area is 330 Å². The molecule has 0 aliphatic rings. The lowest BCUT2D eigenvalue weighted by Gasteiger charge is -2.34. The Bertz CT molecular complexity index is 2560. The van der Waals surface area contributed by atoms with Crippen LogP contribution in [0.5, 0.6) is 0 Å². The van der Waals surface area contributed by atoms with Crippen molar-refractivity contribution in [2.24, 2.45) is 0 Å². The number of halogens is 2. The van der Waals surface area contributed by atoms with Crippen molar-refractivity contribution in [2.45, 2.75) is 31.8 Å². The third-order valence-corrected chi connectivity index (χ3v) is 10.7. The van der Waals surface area contributed by atoms with Crippen molar-refractivity contribution in [1.29, 1.82) is 0 Å². The van der Waals surface area contributed by atoms with E-state index in [1.54, 1.807) is 9.36 Å². The van der Waals surface area contributed by atoms with Crippen molar-refractivity contribution < 1.29 is 14.3 Å². The first kappa shape index (κ1) is 35.9. The maximum absolute atomic E-state index is 12.2. The van der Waals surface area contributed by atoms with E-state index >= 15 is 0 Å². The molecule has 5 aromatic carbocycles. The first-order valence-corrected chi connectivity index (χ1v) is 19.0. The van der Waals surface area contributed by atoms with Crippen molar-refractivity contribution in [3.8, 4) is 22.7 Å². The lowest BCUT2D eigenvalue weighted by molar-refractivity contribution is 0.0685.